The Balaban J connectivity index is 1.76. The normalized spacial score (nSPS) is 17.4. The molecule has 110 valence electrons. The number of nitrogens with zero attached hydrogens (tertiary/aromatic N) is 1. The smallest absolute Gasteiger partial charge is 0.227 e. The summed E-state index contributed by atoms with van der Waals surface area (Å²) in [6, 6.07) is 4.23. The quantitative estimate of drug-likeness (QED) is 0.916. The number of amides is 1. The van der Waals surface area contributed by atoms with Crippen molar-refractivity contribution in [2.45, 2.75) is 40.0 Å². The Morgan fingerprint density at radius 1 is 1.29 bits per heavy atom. The van der Waals surface area contributed by atoms with Crippen LogP contribution < -0.4 is 5.32 Å². The molecule has 3 nitrogen and oxygen atoms in total. The Morgan fingerprint density at radius 2 is 2.00 bits per heavy atom. The topological polar surface area (TPSA) is 42.0 Å². The summed E-state index contributed by atoms with van der Waals surface area (Å²) in [5, 5.41) is 3.14. The first-order valence-corrected chi connectivity index (χ1v) is 8.22. The van der Waals surface area contributed by atoms with E-state index < -0.39 is 0 Å². The molecule has 1 aliphatic carbocycles. The summed E-state index contributed by atoms with van der Waals surface area (Å²) in [7, 11) is 0. The summed E-state index contributed by atoms with van der Waals surface area (Å²) in [6.45, 7) is 6.19. The minimum atomic E-state index is 0.0676. The van der Waals surface area contributed by atoms with Gasteiger partial charge in [-0.25, -0.2) is 4.98 Å². The molecule has 1 aromatic heterocycles. The van der Waals surface area contributed by atoms with E-state index in [1.807, 2.05) is 5.51 Å². The Morgan fingerprint density at radius 3 is 2.71 bits per heavy atom. The third kappa shape index (κ3) is 2.86. The summed E-state index contributed by atoms with van der Waals surface area (Å²) in [4.78, 5) is 18.2. The molecule has 1 aliphatic rings. The zero-order valence-electron chi connectivity index (χ0n) is 12.7. The summed E-state index contributed by atoms with van der Waals surface area (Å²) in [5.74, 6) is 0.210. The van der Waals surface area contributed by atoms with E-state index >= 15 is 0 Å². The Bertz CT molecular complexity index is 667. The van der Waals surface area contributed by atoms with Crippen LogP contribution in [0.3, 0.4) is 0 Å². The van der Waals surface area contributed by atoms with Crippen LogP contribution in [0.2, 0.25) is 0 Å². The van der Waals surface area contributed by atoms with E-state index in [0.717, 1.165) is 36.1 Å². The number of hydrogen-bond donors (Lipinski definition) is 1. The molecular weight excluding hydrogens is 280 g/mol. The number of thiazole rings is 1. The highest BCUT2D eigenvalue weighted by molar-refractivity contribution is 7.09. The van der Waals surface area contributed by atoms with Gasteiger partial charge in [-0.2, -0.15) is 0 Å². The van der Waals surface area contributed by atoms with Gasteiger partial charge >= 0.3 is 0 Å². The Labute approximate surface area is 129 Å². The highest BCUT2D eigenvalue weighted by atomic mass is 32.1. The van der Waals surface area contributed by atoms with Gasteiger partial charge in [0.05, 0.1) is 11.2 Å². The van der Waals surface area contributed by atoms with Gasteiger partial charge in [-0.05, 0) is 51.2 Å². The molecule has 4 heteroatoms. The molecule has 0 saturated heterocycles. The molecule has 1 amide bonds. The largest absolute Gasteiger partial charge is 0.325 e. The molecule has 3 rings (SSSR count). The molecule has 0 spiro atoms. The fraction of sp³-hybridized carbons (Fsp3) is 0.412. The fourth-order valence-electron chi connectivity index (χ4n) is 3.13. The first kappa shape index (κ1) is 14.3. The average Bonchev–Trinajstić information content (AvgIpc) is 2.89. The maximum atomic E-state index is 12.6. The zero-order valence-corrected chi connectivity index (χ0v) is 13.5. The van der Waals surface area contributed by atoms with Gasteiger partial charge in [0, 0.05) is 16.5 Å². The second kappa shape index (κ2) is 5.60. The van der Waals surface area contributed by atoms with Crippen molar-refractivity contribution in [1.29, 1.82) is 0 Å². The van der Waals surface area contributed by atoms with E-state index in [2.05, 4.69) is 43.2 Å². The van der Waals surface area contributed by atoms with Gasteiger partial charge in [-0.3, -0.25) is 4.79 Å². The SMILES string of the molecule is Cc1cc(C)c(NC(=O)C2CCc3ncsc3C2)c(C)c1. The molecule has 0 saturated carbocycles. The van der Waals surface area contributed by atoms with Crippen molar-refractivity contribution in [3.8, 4) is 0 Å². The van der Waals surface area contributed by atoms with Gasteiger partial charge in [0.15, 0.2) is 0 Å². The van der Waals surface area contributed by atoms with Crippen molar-refractivity contribution in [3.63, 3.8) is 0 Å². The lowest BCUT2D eigenvalue weighted by molar-refractivity contribution is -0.120. The zero-order chi connectivity index (χ0) is 15.0. The van der Waals surface area contributed by atoms with E-state index in [9.17, 15) is 4.79 Å². The second-order valence-electron chi connectivity index (χ2n) is 5.92. The van der Waals surface area contributed by atoms with Crippen molar-refractivity contribution < 1.29 is 4.79 Å². The van der Waals surface area contributed by atoms with Gasteiger partial charge < -0.3 is 5.32 Å². The standard InChI is InChI=1S/C17H20N2OS/c1-10-6-11(2)16(12(3)7-10)19-17(20)13-4-5-14-15(8-13)21-9-18-14/h6-7,9,13H,4-5,8H2,1-3H3,(H,19,20). The van der Waals surface area contributed by atoms with Crippen LogP contribution in [-0.2, 0) is 17.6 Å². The number of rotatable bonds is 2. The number of nitrogens with one attached hydrogen (secondary N) is 1. The van der Waals surface area contributed by atoms with Crippen LogP contribution in [-0.4, -0.2) is 10.9 Å². The number of aryl methyl sites for hydroxylation is 4. The number of carbonyl (C=O) groups is 1. The lowest BCUT2D eigenvalue weighted by atomic mass is 9.90. The number of carbonyl (C=O) groups excluding carboxylic acids is 1. The van der Waals surface area contributed by atoms with E-state index in [1.165, 1.54) is 16.1 Å². The van der Waals surface area contributed by atoms with Gasteiger partial charge in [0.1, 0.15) is 0 Å². The molecule has 0 aliphatic heterocycles. The molecule has 0 radical (unpaired) electrons. The monoisotopic (exact) mass is 300 g/mol. The first-order chi connectivity index (χ1) is 10.0. The van der Waals surface area contributed by atoms with Crippen molar-refractivity contribution in [3.05, 3.63) is 44.9 Å². The molecule has 1 heterocycles. The molecular formula is C17H20N2OS. The predicted molar refractivity (Wildman–Crippen MR) is 86.9 cm³/mol. The van der Waals surface area contributed by atoms with Crippen LogP contribution >= 0.6 is 11.3 Å². The van der Waals surface area contributed by atoms with E-state index in [4.69, 9.17) is 0 Å². The summed E-state index contributed by atoms with van der Waals surface area (Å²) in [6.07, 6.45) is 2.64. The molecule has 0 bridgehead atoms. The maximum Gasteiger partial charge on any atom is 0.227 e. The minimum absolute atomic E-state index is 0.0676. The van der Waals surface area contributed by atoms with Crippen LogP contribution in [0.4, 0.5) is 5.69 Å². The molecule has 21 heavy (non-hydrogen) atoms. The number of fused-ring (bicyclic) bond motifs is 1. The third-order valence-electron chi connectivity index (χ3n) is 4.18. The fourth-order valence-corrected chi connectivity index (χ4v) is 4.02. The molecule has 2 aromatic rings. The number of anilines is 1. The predicted octanol–water partition coefficient (Wildman–Crippen LogP) is 3.81. The summed E-state index contributed by atoms with van der Waals surface area (Å²) >= 11 is 1.67. The molecule has 1 atom stereocenters. The summed E-state index contributed by atoms with van der Waals surface area (Å²) in [5.41, 5.74) is 7.55. The number of aromatic nitrogens is 1. The van der Waals surface area contributed by atoms with E-state index in [1.54, 1.807) is 11.3 Å². The molecule has 1 N–H and O–H groups in total. The summed E-state index contributed by atoms with van der Waals surface area (Å²) < 4.78 is 0. The lowest BCUT2D eigenvalue weighted by Crippen LogP contribution is -2.28. The maximum absolute atomic E-state index is 12.6. The third-order valence-corrected chi connectivity index (χ3v) is 5.08. The van der Waals surface area contributed by atoms with Gasteiger partial charge in [0.25, 0.3) is 0 Å². The van der Waals surface area contributed by atoms with Crippen LogP contribution in [0.1, 0.15) is 33.7 Å². The van der Waals surface area contributed by atoms with Gasteiger partial charge in [-0.1, -0.05) is 17.7 Å². The highest BCUT2D eigenvalue weighted by Gasteiger charge is 2.26. The van der Waals surface area contributed by atoms with Crippen LogP contribution in [0.15, 0.2) is 17.6 Å². The van der Waals surface area contributed by atoms with Gasteiger partial charge in [-0.15, -0.1) is 11.3 Å². The number of benzene rings is 1. The minimum Gasteiger partial charge on any atom is -0.325 e. The van der Waals surface area contributed by atoms with E-state index in [0.29, 0.717) is 0 Å². The lowest BCUT2D eigenvalue weighted by Gasteiger charge is -2.22. The Hall–Kier alpha value is -1.68. The molecule has 1 aromatic carbocycles. The van der Waals surface area contributed by atoms with Crippen LogP contribution in [0, 0.1) is 26.7 Å². The average molecular weight is 300 g/mol. The van der Waals surface area contributed by atoms with Crippen LogP contribution in [0.25, 0.3) is 0 Å². The van der Waals surface area contributed by atoms with Gasteiger partial charge in [0.2, 0.25) is 5.91 Å². The first-order valence-electron chi connectivity index (χ1n) is 7.34. The van der Waals surface area contributed by atoms with Crippen molar-refractivity contribution >= 4 is 22.9 Å². The van der Waals surface area contributed by atoms with Crippen LogP contribution in [0.5, 0.6) is 0 Å². The van der Waals surface area contributed by atoms with Crippen molar-refractivity contribution in [2.75, 3.05) is 5.32 Å². The second-order valence-corrected chi connectivity index (χ2v) is 6.86. The van der Waals surface area contributed by atoms with Crippen molar-refractivity contribution in [2.24, 2.45) is 5.92 Å². The molecule has 1 unspecified atom stereocenters. The Kier molecular flexibility index (Phi) is 3.81. The number of hydrogen-bond acceptors (Lipinski definition) is 3. The van der Waals surface area contributed by atoms with E-state index in [-0.39, 0.29) is 11.8 Å². The highest BCUT2D eigenvalue weighted by Crippen LogP contribution is 2.29. The van der Waals surface area contributed by atoms with Crippen molar-refractivity contribution in [1.82, 2.24) is 4.98 Å². The molecule has 0 fully saturated rings.